The molecule has 0 saturated carbocycles. The van der Waals surface area contributed by atoms with Gasteiger partial charge in [-0.3, -0.25) is 29.4 Å². The molecule has 1 aromatic heterocycles. The van der Waals surface area contributed by atoms with E-state index in [0.717, 1.165) is 22.3 Å². The van der Waals surface area contributed by atoms with E-state index < -0.39 is 46.4 Å². The number of thiophene rings is 1. The number of nitrogens with zero attached hydrogens (tertiary/aromatic N) is 2. The first-order valence-electron chi connectivity index (χ1n) is 9.27. The van der Waals surface area contributed by atoms with Crippen LogP contribution in [0.25, 0.3) is 0 Å². The van der Waals surface area contributed by atoms with Crippen LogP contribution in [0.5, 0.6) is 0 Å². The van der Waals surface area contributed by atoms with Crippen molar-refractivity contribution in [2.75, 3.05) is 11.9 Å². The van der Waals surface area contributed by atoms with Gasteiger partial charge in [-0.25, -0.2) is 9.59 Å². The summed E-state index contributed by atoms with van der Waals surface area (Å²) in [7, 11) is 0. The molecule has 0 fully saturated rings. The zero-order valence-corrected chi connectivity index (χ0v) is 17.2. The van der Waals surface area contributed by atoms with Crippen molar-refractivity contribution in [3.8, 4) is 0 Å². The Morgan fingerprint density at radius 1 is 1.24 bits per heavy atom. The van der Waals surface area contributed by atoms with Gasteiger partial charge in [0.15, 0.2) is 0 Å². The number of hydrogen-bond donors (Lipinski definition) is 3. The van der Waals surface area contributed by atoms with Gasteiger partial charge in [-0.15, -0.1) is 11.3 Å². The first-order valence-corrected chi connectivity index (χ1v) is 10.1. The standard InChI is InChI=1S/C19H13N3O10S/c23-14(19(28)29)20-15-13(18(26)27)9-4-7(32-6-11(9)33-15)5-21-16(24)8-2-1-3-10(22(30)31)12(8)17(21)25/h1-3,7H,4-6H2,(H,20,23)(H,26,27)(H,28,29). The van der Waals surface area contributed by atoms with Crippen LogP contribution in [0.4, 0.5) is 10.7 Å². The molecule has 1 atom stereocenters. The van der Waals surface area contributed by atoms with Gasteiger partial charge < -0.3 is 20.3 Å². The van der Waals surface area contributed by atoms with Crippen LogP contribution in [0.3, 0.4) is 0 Å². The SMILES string of the molecule is O=C(O)C(=O)Nc1sc2c(c1C(=O)O)CC(CN1C(=O)c3cccc([N+](=O)[O-])c3C1=O)OC2. The minimum Gasteiger partial charge on any atom is -0.478 e. The lowest BCUT2D eigenvalue weighted by atomic mass is 10.0. The molecule has 13 nitrogen and oxygen atoms in total. The van der Waals surface area contributed by atoms with Crippen LogP contribution in [0.2, 0.25) is 0 Å². The summed E-state index contributed by atoms with van der Waals surface area (Å²) in [6.45, 7) is -0.383. The number of carbonyl (C=O) groups excluding carboxylic acids is 3. The number of anilines is 1. The molecular formula is C19H13N3O10S. The molecule has 0 spiro atoms. The number of nitro groups is 1. The quantitative estimate of drug-likeness (QED) is 0.244. The van der Waals surface area contributed by atoms with E-state index >= 15 is 0 Å². The molecule has 1 aromatic carbocycles. The molecule has 2 aromatic rings. The van der Waals surface area contributed by atoms with E-state index in [2.05, 4.69) is 0 Å². The van der Waals surface area contributed by atoms with Crippen molar-refractivity contribution in [2.45, 2.75) is 19.1 Å². The smallest absolute Gasteiger partial charge is 0.394 e. The number of carboxylic acids is 2. The zero-order valence-electron chi connectivity index (χ0n) is 16.4. The molecular weight excluding hydrogens is 462 g/mol. The highest BCUT2D eigenvalue weighted by atomic mass is 32.1. The van der Waals surface area contributed by atoms with Crippen LogP contribution in [-0.2, 0) is 27.4 Å². The van der Waals surface area contributed by atoms with Gasteiger partial charge in [-0.1, -0.05) is 6.07 Å². The Hall–Kier alpha value is -4.17. The molecule has 4 rings (SSSR count). The van der Waals surface area contributed by atoms with E-state index in [-0.39, 0.29) is 46.8 Å². The number of nitro benzene ring substituents is 1. The van der Waals surface area contributed by atoms with Gasteiger partial charge in [0.1, 0.15) is 10.6 Å². The first-order chi connectivity index (χ1) is 15.6. The molecule has 0 saturated heterocycles. The van der Waals surface area contributed by atoms with Crippen LogP contribution >= 0.6 is 11.3 Å². The van der Waals surface area contributed by atoms with Crippen LogP contribution in [0, 0.1) is 10.1 Å². The lowest BCUT2D eigenvalue weighted by Gasteiger charge is -2.26. The Kier molecular flexibility index (Phi) is 5.39. The van der Waals surface area contributed by atoms with Crippen LogP contribution in [-0.4, -0.2) is 62.3 Å². The summed E-state index contributed by atoms with van der Waals surface area (Å²) >= 11 is 0.853. The number of fused-ring (bicyclic) bond motifs is 2. The highest BCUT2D eigenvalue weighted by Crippen LogP contribution is 2.39. The van der Waals surface area contributed by atoms with Gasteiger partial charge in [-0.05, 0) is 11.6 Å². The molecule has 0 bridgehead atoms. The van der Waals surface area contributed by atoms with E-state index in [1.165, 1.54) is 12.1 Å². The number of carboxylic acid groups (broad SMARTS) is 2. The lowest BCUT2D eigenvalue weighted by molar-refractivity contribution is -0.385. The van der Waals surface area contributed by atoms with E-state index in [1.54, 1.807) is 0 Å². The molecule has 0 radical (unpaired) electrons. The highest BCUT2D eigenvalue weighted by molar-refractivity contribution is 7.17. The fourth-order valence-electron chi connectivity index (χ4n) is 3.75. The molecule has 2 aliphatic rings. The van der Waals surface area contributed by atoms with Gasteiger partial charge in [0.05, 0.1) is 35.3 Å². The summed E-state index contributed by atoms with van der Waals surface area (Å²) in [6, 6.07) is 3.72. The highest BCUT2D eigenvalue weighted by Gasteiger charge is 2.42. The third kappa shape index (κ3) is 3.70. The Morgan fingerprint density at radius 2 is 1.97 bits per heavy atom. The lowest BCUT2D eigenvalue weighted by Crippen LogP contribution is -2.40. The molecule has 3 N–H and O–H groups in total. The van der Waals surface area contributed by atoms with Crippen LogP contribution < -0.4 is 5.32 Å². The van der Waals surface area contributed by atoms with E-state index in [4.69, 9.17) is 9.84 Å². The molecule has 33 heavy (non-hydrogen) atoms. The van der Waals surface area contributed by atoms with Gasteiger partial charge >= 0.3 is 17.8 Å². The Bertz CT molecular complexity index is 1270. The van der Waals surface area contributed by atoms with Crippen molar-refractivity contribution in [2.24, 2.45) is 0 Å². The fraction of sp³-hybridized carbons (Fsp3) is 0.211. The molecule has 1 unspecified atom stereocenters. The number of carbonyl (C=O) groups is 5. The normalized spacial score (nSPS) is 16.8. The topological polar surface area (TPSA) is 193 Å². The maximum Gasteiger partial charge on any atom is 0.394 e. The Labute approximate surface area is 187 Å². The summed E-state index contributed by atoms with van der Waals surface area (Å²) in [5, 5.41) is 31.5. The van der Waals surface area contributed by atoms with Gasteiger partial charge in [0, 0.05) is 17.4 Å². The maximum absolute atomic E-state index is 12.8. The number of aliphatic carboxylic acids is 1. The van der Waals surface area contributed by atoms with Gasteiger partial charge in [0.2, 0.25) is 0 Å². The minimum atomic E-state index is -1.79. The van der Waals surface area contributed by atoms with Gasteiger partial charge in [-0.2, -0.15) is 0 Å². The van der Waals surface area contributed by atoms with Crippen molar-refractivity contribution in [3.63, 3.8) is 0 Å². The number of benzene rings is 1. The zero-order chi connectivity index (χ0) is 24.0. The summed E-state index contributed by atoms with van der Waals surface area (Å²) in [5.41, 5.74) is -0.927. The average molecular weight is 475 g/mol. The number of amides is 3. The van der Waals surface area contributed by atoms with Crippen molar-refractivity contribution in [1.29, 1.82) is 0 Å². The van der Waals surface area contributed by atoms with E-state index in [1.807, 2.05) is 5.32 Å². The monoisotopic (exact) mass is 475 g/mol. The number of rotatable bonds is 5. The van der Waals surface area contributed by atoms with E-state index in [9.17, 15) is 39.2 Å². The summed E-state index contributed by atoms with van der Waals surface area (Å²) in [4.78, 5) is 71.3. The summed E-state index contributed by atoms with van der Waals surface area (Å²) in [5.74, 6) is -6.17. The summed E-state index contributed by atoms with van der Waals surface area (Å²) in [6.07, 6.45) is -0.874. The summed E-state index contributed by atoms with van der Waals surface area (Å²) < 4.78 is 5.65. The van der Waals surface area contributed by atoms with Crippen molar-refractivity contribution >= 4 is 51.7 Å². The molecule has 0 aliphatic carbocycles. The number of aromatic carboxylic acids is 1. The van der Waals surface area contributed by atoms with Crippen molar-refractivity contribution in [1.82, 2.24) is 4.90 Å². The Balaban J connectivity index is 1.59. The number of hydrogen-bond acceptors (Lipinski definition) is 9. The number of ether oxygens (including phenoxy) is 1. The second kappa shape index (κ2) is 8.07. The predicted molar refractivity (Wildman–Crippen MR) is 108 cm³/mol. The van der Waals surface area contributed by atoms with Gasteiger partial charge in [0.25, 0.3) is 17.5 Å². The molecule has 170 valence electrons. The van der Waals surface area contributed by atoms with Crippen LogP contribution in [0.15, 0.2) is 18.2 Å². The predicted octanol–water partition coefficient (Wildman–Crippen LogP) is 1.12. The minimum absolute atomic E-state index is 0.0497. The fourth-order valence-corrected chi connectivity index (χ4v) is 4.89. The number of imide groups is 1. The molecule has 14 heteroatoms. The van der Waals surface area contributed by atoms with E-state index in [0.29, 0.717) is 4.88 Å². The average Bonchev–Trinajstić information content (AvgIpc) is 3.23. The second-order valence-corrected chi connectivity index (χ2v) is 8.19. The van der Waals surface area contributed by atoms with Crippen LogP contribution in [0.1, 0.15) is 41.5 Å². The third-order valence-corrected chi connectivity index (χ3v) is 6.29. The maximum atomic E-state index is 12.8. The molecule has 2 aliphatic heterocycles. The third-order valence-electron chi connectivity index (χ3n) is 5.17. The second-order valence-electron chi connectivity index (χ2n) is 7.09. The van der Waals surface area contributed by atoms with Crippen molar-refractivity contribution < 1.29 is 43.8 Å². The molecule has 3 heterocycles. The largest absolute Gasteiger partial charge is 0.478 e. The molecule has 3 amide bonds. The Morgan fingerprint density at radius 3 is 2.61 bits per heavy atom. The number of nitrogens with one attached hydrogen (secondary N) is 1. The van der Waals surface area contributed by atoms with Crippen molar-refractivity contribution in [3.05, 3.63) is 55.4 Å². The first kappa shape index (κ1) is 22.0.